The van der Waals surface area contributed by atoms with Gasteiger partial charge in [-0.25, -0.2) is 0 Å². The van der Waals surface area contributed by atoms with E-state index in [1.165, 1.54) is 0 Å². The fraction of sp³-hybridized carbons (Fsp3) is 0.600. The summed E-state index contributed by atoms with van der Waals surface area (Å²) in [5, 5.41) is 10.0. The topological polar surface area (TPSA) is 111 Å². The van der Waals surface area contributed by atoms with Crippen LogP contribution in [0.1, 0.15) is 61.8 Å². The molecule has 0 aliphatic heterocycles. The summed E-state index contributed by atoms with van der Waals surface area (Å²) >= 11 is -2.51. The summed E-state index contributed by atoms with van der Waals surface area (Å²) in [6.07, 6.45) is -3.00. The molecular formula is C25H39N3O6Sn. The van der Waals surface area contributed by atoms with Gasteiger partial charge in [0.1, 0.15) is 0 Å². The minimum absolute atomic E-state index is 0.163. The Balaban J connectivity index is 2.70. The molecule has 0 unspecified atom stereocenters. The van der Waals surface area contributed by atoms with Crippen molar-refractivity contribution in [3.63, 3.8) is 0 Å². The molecule has 0 fully saturated rings. The Kier molecular flexibility index (Phi) is 7.96. The average Bonchev–Trinajstić information content (AvgIpc) is 2.94. The van der Waals surface area contributed by atoms with Crippen molar-refractivity contribution in [1.82, 2.24) is 9.55 Å². The van der Waals surface area contributed by atoms with E-state index in [0.717, 1.165) is 8.15 Å². The monoisotopic (exact) mass is 597 g/mol. The van der Waals surface area contributed by atoms with Crippen LogP contribution in [0.2, 0.25) is 14.8 Å². The van der Waals surface area contributed by atoms with E-state index in [0.29, 0.717) is 16.8 Å². The van der Waals surface area contributed by atoms with Gasteiger partial charge < -0.3 is 0 Å². The normalized spacial score (nSPS) is 13.0. The van der Waals surface area contributed by atoms with Crippen LogP contribution in [0.3, 0.4) is 0 Å². The second-order valence-electron chi connectivity index (χ2n) is 12.7. The molecule has 1 N–H and O–H groups in total. The molecule has 9 nitrogen and oxygen atoms in total. The first-order valence-electron chi connectivity index (χ1n) is 11.6. The Labute approximate surface area is 211 Å². The summed E-state index contributed by atoms with van der Waals surface area (Å²) in [5.74, 6) is -0.389. The summed E-state index contributed by atoms with van der Waals surface area (Å²) < 4.78 is 13.1. The quantitative estimate of drug-likeness (QED) is 0.419. The van der Waals surface area contributed by atoms with E-state index in [9.17, 15) is 19.5 Å². The summed E-state index contributed by atoms with van der Waals surface area (Å²) in [6, 6.07) is 5.40. The second kappa shape index (κ2) is 9.63. The number of anilines is 1. The summed E-state index contributed by atoms with van der Waals surface area (Å²) in [7, 11) is 0. The van der Waals surface area contributed by atoms with E-state index < -0.39 is 47.9 Å². The summed E-state index contributed by atoms with van der Waals surface area (Å²) in [5.41, 5.74) is -1.40. The van der Waals surface area contributed by atoms with Gasteiger partial charge in [-0.1, -0.05) is 0 Å². The fourth-order valence-electron chi connectivity index (χ4n) is 4.01. The van der Waals surface area contributed by atoms with Gasteiger partial charge in [-0.15, -0.1) is 0 Å². The molecule has 10 heteroatoms. The molecule has 2 amide bonds. The van der Waals surface area contributed by atoms with E-state index >= 15 is 0 Å². The number of carbonyl (C=O) groups is 3. The van der Waals surface area contributed by atoms with Crippen LogP contribution in [0, 0.1) is 5.41 Å². The Morgan fingerprint density at radius 1 is 0.971 bits per heavy atom. The molecule has 0 bridgehead atoms. The minimum atomic E-state index is -2.51. The Bertz CT molecular complexity index is 1130. The average molecular weight is 596 g/mol. The van der Waals surface area contributed by atoms with E-state index in [-0.39, 0.29) is 16.9 Å². The molecular weight excluding hydrogens is 557 g/mol. The van der Waals surface area contributed by atoms with Gasteiger partial charge in [0.05, 0.1) is 0 Å². The number of carbonyl (C=O) groups excluding carboxylic acids is 2. The van der Waals surface area contributed by atoms with E-state index in [1.807, 2.05) is 32.9 Å². The van der Waals surface area contributed by atoms with Crippen molar-refractivity contribution in [2.75, 3.05) is 4.90 Å². The second-order valence-corrected chi connectivity index (χ2v) is 27.2. The van der Waals surface area contributed by atoms with Crippen molar-refractivity contribution >= 4 is 57.2 Å². The van der Waals surface area contributed by atoms with Gasteiger partial charge in [-0.05, 0) is 0 Å². The molecule has 2 rings (SSSR count). The number of hydrogen-bond acceptors (Lipinski definition) is 6. The number of fused-ring (bicyclic) bond motifs is 1. The molecule has 0 aliphatic rings. The standard InChI is InChI=1S/C22H30N3O6.3CH3.Sn/c1-20(2,3)13-22(7,8)31-19(29)25(18(28)30-21(4,5)6)16-23-14-11-9-10-12-15(14)24(16)17(26)27;;;;/h10-12H,13H2,1-8H3,(H,26,27);3*1H3;. The van der Waals surface area contributed by atoms with Crippen molar-refractivity contribution in [2.45, 2.75) is 87.8 Å². The zero-order valence-electron chi connectivity index (χ0n) is 22.8. The maximum atomic E-state index is 13.4. The van der Waals surface area contributed by atoms with Crippen LogP contribution >= 0.6 is 0 Å². The predicted octanol–water partition coefficient (Wildman–Crippen LogP) is 6.20. The number of imide groups is 1. The first-order valence-corrected chi connectivity index (χ1v) is 21.6. The predicted molar refractivity (Wildman–Crippen MR) is 139 cm³/mol. The van der Waals surface area contributed by atoms with Crippen LogP contribution < -0.4 is 8.48 Å². The first kappa shape index (κ1) is 28.9. The fourth-order valence-corrected chi connectivity index (χ4v) is 7.30. The Morgan fingerprint density at radius 2 is 1.51 bits per heavy atom. The van der Waals surface area contributed by atoms with Gasteiger partial charge in [-0.3, -0.25) is 0 Å². The van der Waals surface area contributed by atoms with Gasteiger partial charge in [-0.2, -0.15) is 0 Å². The summed E-state index contributed by atoms with van der Waals surface area (Å²) in [6.45, 7) is 14.5. The first-order chi connectivity index (χ1) is 15.6. The van der Waals surface area contributed by atoms with Crippen LogP contribution in [0.15, 0.2) is 18.2 Å². The van der Waals surface area contributed by atoms with Crippen LogP contribution in [0.5, 0.6) is 0 Å². The molecule has 1 aromatic carbocycles. The SMILES string of the molecule is CC(C)(C)CC(C)(C)OC(=O)N(C(=O)OC(C)(C)C)c1nc2c[c]([Sn]([CH3])([CH3])[CH3])ccc2n1C(=O)O. The number of carboxylic acid groups (broad SMARTS) is 1. The van der Waals surface area contributed by atoms with Crippen molar-refractivity contribution in [1.29, 1.82) is 0 Å². The third-order valence-electron chi connectivity index (χ3n) is 4.97. The maximum absolute atomic E-state index is 13.4. The van der Waals surface area contributed by atoms with E-state index in [2.05, 4.69) is 19.8 Å². The van der Waals surface area contributed by atoms with Crippen molar-refractivity contribution in [3.05, 3.63) is 18.2 Å². The molecule has 0 atom stereocenters. The van der Waals surface area contributed by atoms with Crippen molar-refractivity contribution < 1.29 is 29.0 Å². The third-order valence-corrected chi connectivity index (χ3v) is 10.8. The number of imidazole rings is 1. The van der Waals surface area contributed by atoms with Crippen molar-refractivity contribution in [3.8, 4) is 0 Å². The molecule has 194 valence electrons. The van der Waals surface area contributed by atoms with Crippen LogP contribution in [0.25, 0.3) is 11.0 Å². The molecule has 2 aromatic rings. The number of aromatic nitrogens is 2. The Morgan fingerprint density at radius 3 is 1.97 bits per heavy atom. The van der Waals surface area contributed by atoms with Gasteiger partial charge in [0.15, 0.2) is 0 Å². The third kappa shape index (κ3) is 7.59. The molecule has 0 saturated heterocycles. The van der Waals surface area contributed by atoms with Crippen LogP contribution in [-0.2, 0) is 9.47 Å². The molecule has 0 radical (unpaired) electrons. The molecule has 0 aliphatic carbocycles. The molecule has 35 heavy (non-hydrogen) atoms. The molecule has 0 spiro atoms. The van der Waals surface area contributed by atoms with E-state index in [4.69, 9.17) is 9.47 Å². The van der Waals surface area contributed by atoms with Gasteiger partial charge >= 0.3 is 212 Å². The number of ether oxygens (including phenoxy) is 2. The Hall–Kier alpha value is -2.30. The van der Waals surface area contributed by atoms with Gasteiger partial charge in [0.2, 0.25) is 0 Å². The van der Waals surface area contributed by atoms with Crippen LogP contribution in [0.4, 0.5) is 20.3 Å². The van der Waals surface area contributed by atoms with E-state index in [1.54, 1.807) is 40.7 Å². The van der Waals surface area contributed by atoms with Crippen molar-refractivity contribution in [2.24, 2.45) is 5.41 Å². The molecule has 1 aromatic heterocycles. The summed E-state index contributed by atoms with van der Waals surface area (Å²) in [4.78, 5) is 50.6. The number of rotatable bonds is 4. The molecule has 1 heterocycles. The number of hydrogen-bond donors (Lipinski definition) is 1. The number of amides is 2. The zero-order chi connectivity index (χ0) is 27.1. The van der Waals surface area contributed by atoms with Gasteiger partial charge in [0.25, 0.3) is 0 Å². The van der Waals surface area contributed by atoms with Gasteiger partial charge in [0, 0.05) is 0 Å². The zero-order valence-corrected chi connectivity index (χ0v) is 25.6. The molecule has 0 saturated carbocycles. The number of nitrogens with zero attached hydrogens (tertiary/aromatic N) is 3. The number of benzene rings is 1. The van der Waals surface area contributed by atoms with Crippen LogP contribution in [-0.4, -0.2) is 62.5 Å².